The van der Waals surface area contributed by atoms with Crippen LogP contribution in [0.5, 0.6) is 0 Å². The van der Waals surface area contributed by atoms with E-state index in [1.807, 2.05) is 20.8 Å². The molecule has 4 nitrogen and oxygen atoms in total. The van der Waals surface area contributed by atoms with E-state index in [0.717, 1.165) is 6.42 Å². The van der Waals surface area contributed by atoms with Crippen molar-refractivity contribution < 1.29 is 8.42 Å². The normalized spacial score (nSPS) is 14.0. The summed E-state index contributed by atoms with van der Waals surface area (Å²) in [7, 11) is -2.05. The van der Waals surface area contributed by atoms with Crippen LogP contribution in [0.25, 0.3) is 0 Å². The zero-order valence-corrected chi connectivity index (χ0v) is 8.27. The third-order valence-electron chi connectivity index (χ3n) is 2.10. The Labute approximate surface area is 68.6 Å². The largest absolute Gasteiger partial charge is 0.277 e. The van der Waals surface area contributed by atoms with Crippen LogP contribution in [0.4, 0.5) is 0 Å². The fourth-order valence-electron chi connectivity index (χ4n) is 0.567. The maximum atomic E-state index is 10.8. The highest BCUT2D eigenvalue weighted by Gasteiger charge is 2.28. The molecular weight excluding hydrogens is 164 g/mol. The molecule has 0 amide bonds. The molecule has 0 aliphatic carbocycles. The Hall–Kier alpha value is -0.130. The van der Waals surface area contributed by atoms with Crippen LogP contribution in [0, 0.1) is 0 Å². The van der Waals surface area contributed by atoms with E-state index in [4.69, 9.17) is 5.14 Å². The molecule has 68 valence electrons. The van der Waals surface area contributed by atoms with E-state index >= 15 is 0 Å². The van der Waals surface area contributed by atoms with Crippen LogP contribution < -0.4 is 5.14 Å². The molecule has 0 rings (SSSR count). The van der Waals surface area contributed by atoms with Crippen LogP contribution in [-0.4, -0.2) is 25.3 Å². The summed E-state index contributed by atoms with van der Waals surface area (Å²) < 4.78 is 22.9. The van der Waals surface area contributed by atoms with Crippen LogP contribution in [-0.2, 0) is 10.2 Å². The van der Waals surface area contributed by atoms with E-state index in [0.29, 0.717) is 0 Å². The molecule has 0 saturated heterocycles. The minimum Gasteiger partial charge on any atom is -0.216 e. The van der Waals surface area contributed by atoms with Crippen molar-refractivity contribution in [2.45, 2.75) is 32.7 Å². The molecule has 5 heteroatoms. The zero-order valence-electron chi connectivity index (χ0n) is 7.46. The maximum Gasteiger partial charge on any atom is 0.277 e. The molecule has 0 atom stereocenters. The van der Waals surface area contributed by atoms with Gasteiger partial charge in [0.25, 0.3) is 10.2 Å². The molecule has 0 spiro atoms. The van der Waals surface area contributed by atoms with Crippen LogP contribution in [0.3, 0.4) is 0 Å². The van der Waals surface area contributed by atoms with Crippen LogP contribution in [0.2, 0.25) is 0 Å². The topological polar surface area (TPSA) is 63.4 Å². The SMILES string of the molecule is CCC(C)(C)N(C)S(N)(=O)=O. The Morgan fingerprint density at radius 3 is 1.91 bits per heavy atom. The van der Waals surface area contributed by atoms with Crippen LogP contribution >= 0.6 is 0 Å². The maximum absolute atomic E-state index is 10.8. The van der Waals surface area contributed by atoms with Gasteiger partial charge in [0, 0.05) is 12.6 Å². The van der Waals surface area contributed by atoms with Gasteiger partial charge in [0.2, 0.25) is 0 Å². The van der Waals surface area contributed by atoms with E-state index in [1.54, 1.807) is 0 Å². The first-order chi connectivity index (χ1) is 4.72. The molecular formula is C6H16N2O2S. The molecule has 0 aromatic heterocycles. The fourth-order valence-corrected chi connectivity index (χ4v) is 1.39. The Balaban J connectivity index is 4.63. The molecule has 0 bridgehead atoms. The van der Waals surface area contributed by atoms with E-state index in [2.05, 4.69) is 0 Å². The smallest absolute Gasteiger partial charge is 0.216 e. The molecule has 0 radical (unpaired) electrons. The summed E-state index contributed by atoms with van der Waals surface area (Å²) in [6.45, 7) is 5.58. The Morgan fingerprint density at radius 1 is 1.45 bits per heavy atom. The van der Waals surface area contributed by atoms with Crippen molar-refractivity contribution in [2.24, 2.45) is 5.14 Å². The highest BCUT2D eigenvalue weighted by Crippen LogP contribution is 2.17. The number of rotatable bonds is 3. The van der Waals surface area contributed by atoms with Crippen LogP contribution in [0.15, 0.2) is 0 Å². The molecule has 0 fully saturated rings. The summed E-state index contributed by atoms with van der Waals surface area (Å²) in [6, 6.07) is 0. The number of nitrogens with two attached hydrogens (primary N) is 1. The number of nitrogens with zero attached hydrogens (tertiary/aromatic N) is 1. The van der Waals surface area contributed by atoms with E-state index in [1.165, 1.54) is 11.4 Å². The lowest BCUT2D eigenvalue weighted by Gasteiger charge is -2.31. The molecule has 0 aliphatic rings. The quantitative estimate of drug-likeness (QED) is 0.679. The van der Waals surface area contributed by atoms with Gasteiger partial charge in [-0.2, -0.15) is 12.7 Å². The van der Waals surface area contributed by atoms with E-state index in [-0.39, 0.29) is 0 Å². The van der Waals surface area contributed by atoms with Crippen molar-refractivity contribution >= 4 is 10.2 Å². The Morgan fingerprint density at radius 2 is 1.82 bits per heavy atom. The Bertz CT molecular complexity index is 221. The summed E-state index contributed by atoms with van der Waals surface area (Å²) >= 11 is 0. The van der Waals surface area contributed by atoms with Crippen molar-refractivity contribution in [3.8, 4) is 0 Å². The van der Waals surface area contributed by atoms with Gasteiger partial charge in [-0.05, 0) is 20.3 Å². The first-order valence-corrected chi connectivity index (χ1v) is 4.99. The van der Waals surface area contributed by atoms with Gasteiger partial charge in [0.05, 0.1) is 0 Å². The molecule has 0 saturated carbocycles. The van der Waals surface area contributed by atoms with Gasteiger partial charge in [-0.1, -0.05) is 6.92 Å². The highest BCUT2D eigenvalue weighted by atomic mass is 32.2. The molecule has 0 heterocycles. The number of hydrogen-bond acceptors (Lipinski definition) is 2. The lowest BCUT2D eigenvalue weighted by atomic mass is 10.0. The number of hydrogen-bond donors (Lipinski definition) is 1. The van der Waals surface area contributed by atoms with Gasteiger partial charge in [0.1, 0.15) is 0 Å². The minimum absolute atomic E-state index is 0.395. The van der Waals surface area contributed by atoms with Crippen molar-refractivity contribution in [3.63, 3.8) is 0 Å². The lowest BCUT2D eigenvalue weighted by Crippen LogP contribution is -2.47. The van der Waals surface area contributed by atoms with E-state index in [9.17, 15) is 8.42 Å². The highest BCUT2D eigenvalue weighted by molar-refractivity contribution is 7.86. The third-order valence-corrected chi connectivity index (χ3v) is 3.36. The zero-order chi connectivity index (χ0) is 9.28. The van der Waals surface area contributed by atoms with Crippen molar-refractivity contribution in [3.05, 3.63) is 0 Å². The fraction of sp³-hybridized carbons (Fsp3) is 1.00. The minimum atomic E-state index is -3.54. The van der Waals surface area contributed by atoms with Gasteiger partial charge >= 0.3 is 0 Å². The molecule has 2 N–H and O–H groups in total. The van der Waals surface area contributed by atoms with Gasteiger partial charge in [0.15, 0.2) is 0 Å². The molecule has 0 aromatic carbocycles. The summed E-state index contributed by atoms with van der Waals surface area (Å²) in [5.74, 6) is 0. The lowest BCUT2D eigenvalue weighted by molar-refractivity contribution is 0.257. The molecule has 0 aromatic rings. The van der Waals surface area contributed by atoms with Gasteiger partial charge in [-0.3, -0.25) is 0 Å². The van der Waals surface area contributed by atoms with Gasteiger partial charge < -0.3 is 0 Å². The summed E-state index contributed by atoms with van der Waals surface area (Å²) in [5.41, 5.74) is -0.395. The average Bonchev–Trinajstić information content (AvgIpc) is 1.84. The molecule has 11 heavy (non-hydrogen) atoms. The predicted octanol–water partition coefficient (Wildman–Crippen LogP) is 0.310. The van der Waals surface area contributed by atoms with Crippen molar-refractivity contribution in [1.29, 1.82) is 0 Å². The third kappa shape index (κ3) is 2.76. The molecule has 0 unspecified atom stereocenters. The van der Waals surface area contributed by atoms with Crippen LogP contribution in [0.1, 0.15) is 27.2 Å². The second-order valence-electron chi connectivity index (χ2n) is 3.18. The van der Waals surface area contributed by atoms with Gasteiger partial charge in [-0.15, -0.1) is 0 Å². The second kappa shape index (κ2) is 3.08. The Kier molecular flexibility index (Phi) is 3.05. The standard InChI is InChI=1S/C6H16N2O2S/c1-5-6(2,3)8(4)11(7,9)10/h5H2,1-4H3,(H2,7,9,10). The first kappa shape index (κ1) is 10.9. The van der Waals surface area contributed by atoms with Crippen molar-refractivity contribution in [2.75, 3.05) is 7.05 Å². The summed E-state index contributed by atoms with van der Waals surface area (Å²) in [6.07, 6.45) is 0.736. The second-order valence-corrected chi connectivity index (χ2v) is 4.76. The summed E-state index contributed by atoms with van der Waals surface area (Å²) in [4.78, 5) is 0. The summed E-state index contributed by atoms with van der Waals surface area (Å²) in [5, 5.41) is 4.94. The monoisotopic (exact) mass is 180 g/mol. The van der Waals surface area contributed by atoms with Crippen molar-refractivity contribution in [1.82, 2.24) is 4.31 Å². The predicted molar refractivity (Wildman–Crippen MR) is 45.2 cm³/mol. The van der Waals surface area contributed by atoms with Gasteiger partial charge in [-0.25, -0.2) is 5.14 Å². The van der Waals surface area contributed by atoms with E-state index < -0.39 is 15.7 Å². The molecule has 0 aliphatic heterocycles. The first-order valence-electron chi connectivity index (χ1n) is 3.48. The average molecular weight is 180 g/mol.